The Labute approximate surface area is 72.7 Å². The number of aliphatic hydroxyl groups excluding tert-OH is 1. The number of hydrogen-bond donors (Lipinski definition) is 2. The van der Waals surface area contributed by atoms with Crippen molar-refractivity contribution in [3.8, 4) is 0 Å². The number of nitrogens with zero attached hydrogens (tertiary/aromatic N) is 1. The van der Waals surface area contributed by atoms with E-state index in [1.54, 1.807) is 0 Å². The average Bonchev–Trinajstić information content (AvgIpc) is 1.84. The maximum atomic E-state index is 10.4. The van der Waals surface area contributed by atoms with Crippen LogP contribution in [0.1, 0.15) is 13.3 Å². The van der Waals surface area contributed by atoms with Crippen molar-refractivity contribution in [2.45, 2.75) is 13.3 Å². The first-order chi connectivity index (χ1) is 5.49. The summed E-state index contributed by atoms with van der Waals surface area (Å²) >= 11 is 0. The summed E-state index contributed by atoms with van der Waals surface area (Å²) in [6, 6.07) is 0. The van der Waals surface area contributed by atoms with Crippen LogP contribution in [-0.4, -0.2) is 48.6 Å². The summed E-state index contributed by atoms with van der Waals surface area (Å²) in [5.41, 5.74) is 0. The number of hydrogen-bond acceptors (Lipinski definition) is 4. The fraction of sp³-hybridized carbons (Fsp3) is 1.00. The van der Waals surface area contributed by atoms with E-state index >= 15 is 0 Å². The zero-order valence-corrected chi connectivity index (χ0v) is 7.92. The first kappa shape index (κ1) is 11.8. The Morgan fingerprint density at radius 1 is 1.33 bits per heavy atom. The SMILES string of the molecule is CCCN(CCO)CS(=O)(=O)O. The Hall–Kier alpha value is -0.170. The van der Waals surface area contributed by atoms with Gasteiger partial charge in [0.25, 0.3) is 10.1 Å². The Morgan fingerprint density at radius 3 is 2.25 bits per heavy atom. The van der Waals surface area contributed by atoms with Crippen LogP contribution < -0.4 is 0 Å². The predicted molar refractivity (Wildman–Crippen MR) is 45.4 cm³/mol. The van der Waals surface area contributed by atoms with Crippen molar-refractivity contribution in [2.75, 3.05) is 25.6 Å². The van der Waals surface area contributed by atoms with Crippen LogP contribution in [0.2, 0.25) is 0 Å². The summed E-state index contributed by atoms with van der Waals surface area (Å²) in [7, 11) is -3.95. The second-order valence-electron chi connectivity index (χ2n) is 2.55. The van der Waals surface area contributed by atoms with Crippen LogP contribution in [0.5, 0.6) is 0 Å². The first-order valence-corrected chi connectivity index (χ1v) is 5.39. The van der Waals surface area contributed by atoms with Crippen LogP contribution in [0.4, 0.5) is 0 Å². The van der Waals surface area contributed by atoms with Gasteiger partial charge >= 0.3 is 0 Å². The van der Waals surface area contributed by atoms with Gasteiger partial charge in [-0.25, -0.2) is 0 Å². The van der Waals surface area contributed by atoms with E-state index in [-0.39, 0.29) is 13.2 Å². The quantitative estimate of drug-likeness (QED) is 0.563. The molecule has 0 aromatic rings. The molecule has 0 atom stereocenters. The van der Waals surface area contributed by atoms with E-state index in [0.29, 0.717) is 6.54 Å². The molecule has 0 saturated carbocycles. The van der Waals surface area contributed by atoms with Gasteiger partial charge in [0.1, 0.15) is 5.88 Å². The van der Waals surface area contributed by atoms with Crippen molar-refractivity contribution in [2.24, 2.45) is 0 Å². The molecule has 12 heavy (non-hydrogen) atoms. The third kappa shape index (κ3) is 6.53. The molecule has 0 fully saturated rings. The molecular weight excluding hydrogens is 182 g/mol. The van der Waals surface area contributed by atoms with Crippen LogP contribution in [-0.2, 0) is 10.1 Å². The van der Waals surface area contributed by atoms with Gasteiger partial charge in [-0.05, 0) is 13.0 Å². The molecular formula is C6H15NO4S. The van der Waals surface area contributed by atoms with Gasteiger partial charge in [0, 0.05) is 6.54 Å². The third-order valence-electron chi connectivity index (χ3n) is 1.30. The molecule has 0 aliphatic heterocycles. The van der Waals surface area contributed by atoms with Crippen molar-refractivity contribution >= 4 is 10.1 Å². The molecule has 0 aliphatic rings. The van der Waals surface area contributed by atoms with Crippen molar-refractivity contribution in [3.05, 3.63) is 0 Å². The van der Waals surface area contributed by atoms with Gasteiger partial charge in [0.15, 0.2) is 0 Å². The molecule has 0 spiro atoms. The lowest BCUT2D eigenvalue weighted by atomic mass is 10.4. The molecule has 0 radical (unpaired) electrons. The average molecular weight is 197 g/mol. The molecule has 0 aliphatic carbocycles. The van der Waals surface area contributed by atoms with Crippen molar-refractivity contribution in [1.82, 2.24) is 4.90 Å². The van der Waals surface area contributed by atoms with E-state index in [1.807, 2.05) is 6.92 Å². The predicted octanol–water partition coefficient (Wildman–Crippen LogP) is -0.464. The summed E-state index contributed by atoms with van der Waals surface area (Å²) < 4.78 is 29.3. The summed E-state index contributed by atoms with van der Waals surface area (Å²) in [6.07, 6.45) is 0.787. The van der Waals surface area contributed by atoms with Gasteiger partial charge in [-0.2, -0.15) is 8.42 Å². The lowest BCUT2D eigenvalue weighted by Gasteiger charge is -2.17. The van der Waals surface area contributed by atoms with Crippen LogP contribution in [0.3, 0.4) is 0 Å². The minimum absolute atomic E-state index is 0.102. The van der Waals surface area contributed by atoms with Gasteiger partial charge in [-0.3, -0.25) is 9.45 Å². The Bertz CT molecular complexity index is 196. The van der Waals surface area contributed by atoms with Crippen LogP contribution in [0.15, 0.2) is 0 Å². The second kappa shape index (κ2) is 5.47. The molecule has 0 aromatic heterocycles. The van der Waals surface area contributed by atoms with Gasteiger partial charge in [-0.15, -0.1) is 0 Å². The zero-order chi connectivity index (χ0) is 9.61. The minimum atomic E-state index is -3.95. The summed E-state index contributed by atoms with van der Waals surface area (Å²) in [5.74, 6) is -0.401. The van der Waals surface area contributed by atoms with Gasteiger partial charge in [-0.1, -0.05) is 6.92 Å². The van der Waals surface area contributed by atoms with Gasteiger partial charge in [0.2, 0.25) is 0 Å². The van der Waals surface area contributed by atoms with E-state index in [9.17, 15) is 8.42 Å². The highest BCUT2D eigenvalue weighted by Crippen LogP contribution is 1.94. The lowest BCUT2D eigenvalue weighted by Crippen LogP contribution is -2.32. The highest BCUT2D eigenvalue weighted by Gasteiger charge is 2.11. The molecule has 6 heteroatoms. The van der Waals surface area contributed by atoms with E-state index in [0.717, 1.165) is 6.42 Å². The van der Waals surface area contributed by atoms with Crippen LogP contribution in [0.25, 0.3) is 0 Å². The van der Waals surface area contributed by atoms with Crippen molar-refractivity contribution < 1.29 is 18.1 Å². The summed E-state index contributed by atoms with van der Waals surface area (Å²) in [4.78, 5) is 1.48. The molecule has 0 bridgehead atoms. The fourth-order valence-corrected chi connectivity index (χ4v) is 1.65. The Balaban J connectivity index is 3.95. The van der Waals surface area contributed by atoms with E-state index in [1.165, 1.54) is 4.90 Å². The van der Waals surface area contributed by atoms with Gasteiger partial charge < -0.3 is 5.11 Å². The lowest BCUT2D eigenvalue weighted by molar-refractivity contribution is 0.211. The third-order valence-corrected chi connectivity index (χ3v) is 1.99. The monoisotopic (exact) mass is 197 g/mol. The maximum Gasteiger partial charge on any atom is 0.278 e. The molecule has 0 saturated heterocycles. The van der Waals surface area contributed by atoms with Crippen molar-refractivity contribution in [1.29, 1.82) is 0 Å². The summed E-state index contributed by atoms with van der Waals surface area (Å²) in [5, 5.41) is 8.54. The van der Waals surface area contributed by atoms with E-state index in [4.69, 9.17) is 9.66 Å². The molecule has 0 unspecified atom stereocenters. The Kier molecular flexibility index (Phi) is 5.39. The minimum Gasteiger partial charge on any atom is -0.395 e. The standard InChI is InChI=1S/C6H15NO4S/c1-2-3-7(4-5-8)6-12(9,10)11/h8H,2-6H2,1H3,(H,9,10,11). The van der Waals surface area contributed by atoms with Crippen molar-refractivity contribution in [3.63, 3.8) is 0 Å². The first-order valence-electron chi connectivity index (χ1n) is 3.78. The van der Waals surface area contributed by atoms with Crippen LogP contribution in [0, 0.1) is 0 Å². The maximum absolute atomic E-state index is 10.4. The zero-order valence-electron chi connectivity index (χ0n) is 7.10. The normalized spacial score (nSPS) is 12.3. The molecule has 0 amide bonds. The largest absolute Gasteiger partial charge is 0.395 e. The molecule has 0 rings (SSSR count). The Morgan fingerprint density at radius 2 is 1.92 bits per heavy atom. The second-order valence-corrected chi connectivity index (χ2v) is 3.97. The topological polar surface area (TPSA) is 77.8 Å². The molecule has 0 heterocycles. The molecule has 2 N–H and O–H groups in total. The number of rotatable bonds is 6. The fourth-order valence-electron chi connectivity index (χ4n) is 0.929. The highest BCUT2D eigenvalue weighted by atomic mass is 32.2. The highest BCUT2D eigenvalue weighted by molar-refractivity contribution is 7.85. The molecule has 74 valence electrons. The van der Waals surface area contributed by atoms with Crippen LogP contribution >= 0.6 is 0 Å². The molecule has 5 nitrogen and oxygen atoms in total. The smallest absolute Gasteiger partial charge is 0.278 e. The van der Waals surface area contributed by atoms with Gasteiger partial charge in [0.05, 0.1) is 6.61 Å². The van der Waals surface area contributed by atoms with E-state index < -0.39 is 16.0 Å². The summed E-state index contributed by atoms with van der Waals surface area (Å²) in [6.45, 7) is 2.62. The number of aliphatic hydroxyl groups is 1. The molecule has 0 aromatic carbocycles. The van der Waals surface area contributed by atoms with E-state index in [2.05, 4.69) is 0 Å².